The molecule has 7 heteroatoms. The molecule has 0 bridgehead atoms. The van der Waals surface area contributed by atoms with Crippen molar-refractivity contribution in [3.63, 3.8) is 0 Å². The molecule has 4 N–H and O–H groups in total. The Morgan fingerprint density at radius 1 is 1.14 bits per heavy atom. The topological polar surface area (TPSA) is 96.8 Å². The maximum Gasteiger partial charge on any atom is 0.500 e. The van der Waals surface area contributed by atoms with Crippen LogP contribution < -0.4 is 11.5 Å². The maximum atomic E-state index is 9.00. The molecule has 2 amide bonds. The summed E-state index contributed by atoms with van der Waals surface area (Å²) in [5.41, 5.74) is 8.50. The largest absolute Gasteiger partial charge is 0.500 e. The highest BCUT2D eigenvalue weighted by atomic mass is 28.4. The van der Waals surface area contributed by atoms with E-state index >= 15 is 0 Å². The fourth-order valence-electron chi connectivity index (χ4n) is 0.862. The van der Waals surface area contributed by atoms with Crippen LogP contribution in [0.3, 0.4) is 0 Å². The number of hydrogen-bond acceptors (Lipinski definition) is 4. The van der Waals surface area contributed by atoms with E-state index < -0.39 is 14.8 Å². The lowest BCUT2D eigenvalue weighted by molar-refractivity contribution is 0.123. The highest BCUT2D eigenvalue weighted by molar-refractivity contribution is 6.60. The van der Waals surface area contributed by atoms with Crippen molar-refractivity contribution < 1.29 is 18.1 Å². The van der Waals surface area contributed by atoms with Gasteiger partial charge in [-0.3, -0.25) is 0 Å². The molecule has 0 aliphatic rings. The molecule has 6 nitrogen and oxygen atoms in total. The van der Waals surface area contributed by atoms with Gasteiger partial charge in [0.1, 0.15) is 0 Å². The summed E-state index contributed by atoms with van der Waals surface area (Å²) >= 11 is 0. The lowest BCUT2D eigenvalue weighted by atomic mass is 10.6. The molecule has 86 valence electrons. The van der Waals surface area contributed by atoms with Crippen LogP contribution >= 0.6 is 0 Å². The van der Waals surface area contributed by atoms with Crippen LogP contribution in [0, 0.1) is 0 Å². The zero-order valence-electron chi connectivity index (χ0n) is 9.20. The number of nitrogens with two attached hydrogens (primary N) is 2. The van der Waals surface area contributed by atoms with E-state index in [0.29, 0.717) is 0 Å². The van der Waals surface area contributed by atoms with E-state index in [2.05, 4.69) is 18.4 Å². The molecule has 0 rings (SSSR count). The Morgan fingerprint density at radius 2 is 1.43 bits per heavy atom. The minimum atomic E-state index is -2.22. The number of rotatable bonds is 5. The average Bonchev–Trinajstić information content (AvgIpc) is 2.14. The van der Waals surface area contributed by atoms with Crippen molar-refractivity contribution >= 4 is 14.8 Å². The zero-order chi connectivity index (χ0) is 11.6. The Morgan fingerprint density at radius 3 is 1.50 bits per heavy atom. The predicted octanol–water partition coefficient (Wildman–Crippen LogP) is 0.298. The summed E-state index contributed by atoms with van der Waals surface area (Å²) in [5, 5.41) is 0. The molecule has 14 heavy (non-hydrogen) atoms. The van der Waals surface area contributed by atoms with Crippen LogP contribution in [-0.2, 0) is 13.3 Å². The maximum absolute atomic E-state index is 9.00. The van der Waals surface area contributed by atoms with Gasteiger partial charge in [-0.15, -0.1) is 0 Å². The van der Waals surface area contributed by atoms with E-state index in [4.69, 9.17) is 18.1 Å². The Labute approximate surface area is 85.9 Å². The average molecular weight is 224 g/mol. The van der Waals surface area contributed by atoms with Gasteiger partial charge in [-0.05, 0) is 0 Å². The third-order valence-corrected chi connectivity index (χ3v) is 4.47. The number of urea groups is 1. The Hall–Kier alpha value is -0.633. The van der Waals surface area contributed by atoms with E-state index in [-0.39, 0.29) is 0 Å². The summed E-state index contributed by atoms with van der Waals surface area (Å²) in [6.07, 6.45) is 1.03. The van der Waals surface area contributed by atoms with Gasteiger partial charge in [-0.2, -0.15) is 0 Å². The van der Waals surface area contributed by atoms with Crippen LogP contribution in [0.25, 0.3) is 0 Å². The molecule has 0 aromatic carbocycles. The molecule has 0 heterocycles. The first-order valence-electron chi connectivity index (χ1n) is 4.18. The van der Waals surface area contributed by atoms with Gasteiger partial charge in [0.2, 0.25) is 0 Å². The molecule has 0 spiro atoms. The highest BCUT2D eigenvalue weighted by Crippen LogP contribution is 2.13. The van der Waals surface area contributed by atoms with Crippen LogP contribution in [-0.4, -0.2) is 36.2 Å². The van der Waals surface area contributed by atoms with Gasteiger partial charge in [0, 0.05) is 27.4 Å². The quantitative estimate of drug-likeness (QED) is 0.656. The van der Waals surface area contributed by atoms with Gasteiger partial charge in [0.15, 0.2) is 0 Å². The molecule has 0 saturated heterocycles. The molecular formula is C7H20N2O4Si. The van der Waals surface area contributed by atoms with Gasteiger partial charge in [0.05, 0.1) is 0 Å². The van der Waals surface area contributed by atoms with Crippen LogP contribution in [0.2, 0.25) is 6.04 Å². The molecule has 0 saturated carbocycles. The normalized spacial score (nSPS) is 10.3. The first-order chi connectivity index (χ1) is 6.47. The molecule has 0 aliphatic heterocycles. The second-order valence-electron chi connectivity index (χ2n) is 2.45. The molecule has 0 aliphatic carbocycles. The monoisotopic (exact) mass is 224 g/mol. The lowest BCUT2D eigenvalue weighted by Gasteiger charge is -2.23. The molecule has 0 fully saturated rings. The van der Waals surface area contributed by atoms with E-state index in [9.17, 15) is 0 Å². The second kappa shape index (κ2) is 8.94. The number of carbonyl (C=O) groups is 1. The smallest absolute Gasteiger partial charge is 0.377 e. The van der Waals surface area contributed by atoms with Crippen molar-refractivity contribution in [1.82, 2.24) is 0 Å². The van der Waals surface area contributed by atoms with E-state index in [0.717, 1.165) is 12.5 Å². The van der Waals surface area contributed by atoms with E-state index in [1.165, 1.54) is 0 Å². The van der Waals surface area contributed by atoms with Crippen molar-refractivity contribution in [3.8, 4) is 0 Å². The number of hydrogen-bond donors (Lipinski definition) is 2. The van der Waals surface area contributed by atoms with Gasteiger partial charge in [-0.25, -0.2) is 4.79 Å². The third-order valence-electron chi connectivity index (χ3n) is 1.49. The predicted molar refractivity (Wildman–Crippen MR) is 55.6 cm³/mol. The lowest BCUT2D eigenvalue weighted by Crippen LogP contribution is -2.42. The molecule has 0 radical (unpaired) electrons. The summed E-state index contributed by atoms with van der Waals surface area (Å²) in [7, 11) is 2.68. The minimum absolute atomic E-state index is 0.833. The van der Waals surface area contributed by atoms with E-state index in [1.807, 2.05) is 0 Å². The summed E-state index contributed by atoms with van der Waals surface area (Å²) in [6, 6.07) is 0.0521. The Kier molecular flexibility index (Phi) is 10.1. The van der Waals surface area contributed by atoms with Gasteiger partial charge in [0.25, 0.3) is 0 Å². The molecular weight excluding hydrogens is 204 g/mol. The van der Waals surface area contributed by atoms with Crippen LogP contribution in [0.4, 0.5) is 4.79 Å². The SMILES string of the molecule is CCC[Si](OC)(OC)OC.NC(N)=O. The third kappa shape index (κ3) is 7.99. The molecule has 0 aromatic heterocycles. The second-order valence-corrected chi connectivity index (χ2v) is 5.54. The first-order valence-corrected chi connectivity index (χ1v) is 6.11. The zero-order valence-corrected chi connectivity index (χ0v) is 10.2. The number of primary amides is 2. The number of carbonyl (C=O) groups excluding carboxylic acids is 1. The van der Waals surface area contributed by atoms with Crippen LogP contribution in [0.1, 0.15) is 13.3 Å². The molecule has 0 unspecified atom stereocenters. The minimum Gasteiger partial charge on any atom is -0.377 e. The molecule has 0 atom stereocenters. The molecule has 0 aromatic rings. The number of amides is 2. The standard InChI is InChI=1S/C6H16O3Si.CH4N2O/c1-5-6-10(7-2,8-3)9-4;2-1(3)4/h5-6H2,1-4H3;(H4,2,3,4). The fraction of sp³-hybridized carbons (Fsp3) is 0.857. The van der Waals surface area contributed by atoms with Crippen molar-refractivity contribution in [2.45, 2.75) is 19.4 Å². The summed E-state index contributed by atoms with van der Waals surface area (Å²) < 4.78 is 15.5. The summed E-state index contributed by atoms with van der Waals surface area (Å²) in [4.78, 5) is 9.00. The van der Waals surface area contributed by atoms with Crippen LogP contribution in [0.15, 0.2) is 0 Å². The highest BCUT2D eigenvalue weighted by Gasteiger charge is 2.36. The van der Waals surface area contributed by atoms with Gasteiger partial charge in [-0.1, -0.05) is 13.3 Å². The first kappa shape index (κ1) is 15.8. The summed E-state index contributed by atoms with van der Waals surface area (Å²) in [5.74, 6) is 0. The van der Waals surface area contributed by atoms with Crippen molar-refractivity contribution in [1.29, 1.82) is 0 Å². The Bertz CT molecular complexity index is 140. The Balaban J connectivity index is 0. The van der Waals surface area contributed by atoms with Crippen molar-refractivity contribution in [3.05, 3.63) is 0 Å². The van der Waals surface area contributed by atoms with Crippen LogP contribution in [0.5, 0.6) is 0 Å². The fourth-order valence-corrected chi connectivity index (χ4v) is 2.59. The summed E-state index contributed by atoms with van der Waals surface area (Å²) in [6.45, 7) is 2.08. The van der Waals surface area contributed by atoms with E-state index in [1.54, 1.807) is 21.3 Å². The van der Waals surface area contributed by atoms with Crippen molar-refractivity contribution in [2.75, 3.05) is 21.3 Å². The van der Waals surface area contributed by atoms with Gasteiger partial charge < -0.3 is 24.7 Å². The van der Waals surface area contributed by atoms with Gasteiger partial charge >= 0.3 is 14.8 Å². The van der Waals surface area contributed by atoms with Crippen molar-refractivity contribution in [2.24, 2.45) is 11.5 Å².